The molecule has 0 saturated carbocycles. The summed E-state index contributed by atoms with van der Waals surface area (Å²) in [6, 6.07) is 9.03. The molecule has 0 atom stereocenters. The Balaban J connectivity index is 3.02. The maximum atomic E-state index is 11.9. The third-order valence-electron chi connectivity index (χ3n) is 2.16. The van der Waals surface area contributed by atoms with Crippen molar-refractivity contribution >= 4 is 5.97 Å². The van der Waals surface area contributed by atoms with Gasteiger partial charge in [-0.3, -0.25) is 0 Å². The van der Waals surface area contributed by atoms with Gasteiger partial charge in [-0.2, -0.15) is 0 Å². The quantitative estimate of drug-likeness (QED) is 0.416. The molecule has 1 rings (SSSR count). The molecular weight excluding hydrogens is 260 g/mol. The van der Waals surface area contributed by atoms with Crippen molar-refractivity contribution in [3.8, 4) is 5.75 Å². The zero-order valence-corrected chi connectivity index (χ0v) is 12.0. The highest BCUT2D eigenvalue weighted by Crippen LogP contribution is 2.18. The van der Waals surface area contributed by atoms with Gasteiger partial charge in [0.15, 0.2) is 0 Å². The number of carbonyl (C=O) groups is 1. The Kier molecular flexibility index (Phi) is 7.03. The van der Waals surface area contributed by atoms with E-state index in [1.807, 2.05) is 18.2 Å². The number of benzene rings is 1. The van der Waals surface area contributed by atoms with Crippen LogP contribution in [0, 0.1) is 0 Å². The zero-order valence-electron chi connectivity index (χ0n) is 12.0. The van der Waals surface area contributed by atoms with Gasteiger partial charge in [0.2, 0.25) is 0 Å². The van der Waals surface area contributed by atoms with Crippen molar-refractivity contribution < 1.29 is 23.7 Å². The topological polar surface area (TPSA) is 54.0 Å². The molecular formula is C15H20O5. The molecule has 0 unspecified atom stereocenters. The summed E-state index contributed by atoms with van der Waals surface area (Å²) in [5.74, 6) is -0.0924. The van der Waals surface area contributed by atoms with Crippen LogP contribution in [0.1, 0.15) is 20.8 Å². The van der Waals surface area contributed by atoms with Gasteiger partial charge >= 0.3 is 11.9 Å². The normalized spacial score (nSPS) is 11.3. The van der Waals surface area contributed by atoms with Crippen molar-refractivity contribution in [2.24, 2.45) is 0 Å². The number of rotatable bonds is 8. The smallest absolute Gasteiger partial charge is 0.381 e. The largest absolute Gasteiger partial charge is 0.482 e. The molecule has 0 N–H and O–H groups in total. The molecule has 0 aromatic heterocycles. The first-order valence-corrected chi connectivity index (χ1v) is 6.62. The first kappa shape index (κ1) is 15.9. The van der Waals surface area contributed by atoms with Crippen LogP contribution in [0.4, 0.5) is 0 Å². The molecule has 20 heavy (non-hydrogen) atoms. The van der Waals surface area contributed by atoms with Crippen LogP contribution in [0.25, 0.3) is 0 Å². The maximum Gasteiger partial charge on any atom is 0.381 e. The van der Waals surface area contributed by atoms with Crippen molar-refractivity contribution in [2.75, 3.05) is 19.8 Å². The second-order valence-corrected chi connectivity index (χ2v) is 3.62. The van der Waals surface area contributed by atoms with Crippen LogP contribution >= 0.6 is 0 Å². The second kappa shape index (κ2) is 8.85. The fraction of sp³-hybridized carbons (Fsp3) is 0.400. The molecule has 0 radical (unpaired) electrons. The summed E-state index contributed by atoms with van der Waals surface area (Å²) in [6.07, 6.45) is 0. The van der Waals surface area contributed by atoms with Crippen molar-refractivity contribution in [1.82, 2.24) is 0 Å². The number of hydrogen-bond acceptors (Lipinski definition) is 5. The molecule has 5 nitrogen and oxygen atoms in total. The molecule has 0 fully saturated rings. The number of para-hydroxylation sites is 1. The van der Waals surface area contributed by atoms with E-state index in [0.717, 1.165) is 0 Å². The van der Waals surface area contributed by atoms with E-state index in [-0.39, 0.29) is 18.3 Å². The van der Waals surface area contributed by atoms with E-state index in [1.54, 1.807) is 32.9 Å². The third-order valence-corrected chi connectivity index (χ3v) is 2.16. The minimum Gasteiger partial charge on any atom is -0.482 e. The fourth-order valence-corrected chi connectivity index (χ4v) is 1.41. The van der Waals surface area contributed by atoms with Gasteiger partial charge in [-0.05, 0) is 32.9 Å². The SMILES string of the molecule is CCOC(=O)C(OCC)=C(OCC)Oc1ccccc1. The molecule has 1 aromatic rings. The minimum atomic E-state index is -0.603. The van der Waals surface area contributed by atoms with Crippen LogP contribution in [0.2, 0.25) is 0 Å². The predicted octanol–water partition coefficient (Wildman–Crippen LogP) is 2.87. The van der Waals surface area contributed by atoms with Crippen molar-refractivity contribution in [2.45, 2.75) is 20.8 Å². The number of hydrogen-bond donors (Lipinski definition) is 0. The predicted molar refractivity (Wildman–Crippen MR) is 74.0 cm³/mol. The Morgan fingerprint density at radius 3 is 2.05 bits per heavy atom. The lowest BCUT2D eigenvalue weighted by molar-refractivity contribution is -0.143. The maximum absolute atomic E-state index is 11.9. The van der Waals surface area contributed by atoms with Crippen molar-refractivity contribution in [3.63, 3.8) is 0 Å². The number of ether oxygens (including phenoxy) is 4. The van der Waals surface area contributed by atoms with Crippen LogP contribution in [0.3, 0.4) is 0 Å². The molecule has 5 heteroatoms. The Hall–Kier alpha value is -2.17. The van der Waals surface area contributed by atoms with E-state index < -0.39 is 5.97 Å². The minimum absolute atomic E-state index is 0.0130. The van der Waals surface area contributed by atoms with Gasteiger partial charge in [-0.1, -0.05) is 18.2 Å². The molecule has 0 bridgehead atoms. The van der Waals surface area contributed by atoms with Gasteiger partial charge in [0, 0.05) is 0 Å². The van der Waals surface area contributed by atoms with E-state index in [9.17, 15) is 4.79 Å². The van der Waals surface area contributed by atoms with E-state index in [0.29, 0.717) is 19.0 Å². The van der Waals surface area contributed by atoms with Gasteiger partial charge in [0.25, 0.3) is 5.76 Å². The first-order valence-electron chi connectivity index (χ1n) is 6.62. The molecule has 0 aliphatic carbocycles. The second-order valence-electron chi connectivity index (χ2n) is 3.62. The van der Waals surface area contributed by atoms with E-state index in [2.05, 4.69) is 0 Å². The van der Waals surface area contributed by atoms with Crippen LogP contribution in [0.5, 0.6) is 5.75 Å². The molecule has 0 aliphatic heterocycles. The van der Waals surface area contributed by atoms with Gasteiger partial charge < -0.3 is 18.9 Å². The molecule has 0 heterocycles. The summed E-state index contributed by atoms with van der Waals surface area (Å²) in [4.78, 5) is 11.9. The van der Waals surface area contributed by atoms with E-state index >= 15 is 0 Å². The van der Waals surface area contributed by atoms with Gasteiger partial charge in [-0.25, -0.2) is 4.79 Å². The zero-order chi connectivity index (χ0) is 14.8. The Labute approximate surface area is 119 Å². The van der Waals surface area contributed by atoms with Crippen LogP contribution in [-0.4, -0.2) is 25.8 Å². The Bertz CT molecular complexity index is 439. The van der Waals surface area contributed by atoms with Crippen LogP contribution < -0.4 is 4.74 Å². The summed E-state index contributed by atoms with van der Waals surface area (Å²) in [5, 5.41) is 0. The molecule has 0 amide bonds. The highest BCUT2D eigenvalue weighted by Gasteiger charge is 2.22. The fourth-order valence-electron chi connectivity index (χ4n) is 1.41. The average molecular weight is 280 g/mol. The average Bonchev–Trinajstić information content (AvgIpc) is 2.46. The first-order chi connectivity index (χ1) is 9.72. The third kappa shape index (κ3) is 4.84. The molecule has 0 spiro atoms. The standard InChI is InChI=1S/C15H20O5/c1-4-17-13(14(16)18-5-2)15(19-6-3)20-12-10-8-7-9-11-12/h7-11H,4-6H2,1-3H3. The van der Waals surface area contributed by atoms with Gasteiger partial charge in [0.05, 0.1) is 19.8 Å². The monoisotopic (exact) mass is 280 g/mol. The molecule has 0 saturated heterocycles. The lowest BCUT2D eigenvalue weighted by atomic mass is 10.3. The van der Waals surface area contributed by atoms with Crippen LogP contribution in [0.15, 0.2) is 42.0 Å². The lowest BCUT2D eigenvalue weighted by Gasteiger charge is -2.15. The summed E-state index contributed by atoms with van der Waals surface area (Å²) in [6.45, 7) is 6.19. The highest BCUT2D eigenvalue weighted by atomic mass is 16.7. The Morgan fingerprint density at radius 1 is 0.900 bits per heavy atom. The van der Waals surface area contributed by atoms with Gasteiger partial charge in [-0.15, -0.1) is 0 Å². The van der Waals surface area contributed by atoms with Crippen molar-refractivity contribution in [1.29, 1.82) is 0 Å². The number of carbonyl (C=O) groups excluding carboxylic acids is 1. The molecule has 0 aliphatic rings. The van der Waals surface area contributed by atoms with E-state index in [1.165, 1.54) is 0 Å². The van der Waals surface area contributed by atoms with E-state index in [4.69, 9.17) is 18.9 Å². The lowest BCUT2D eigenvalue weighted by Crippen LogP contribution is -2.17. The summed E-state index contributed by atoms with van der Waals surface area (Å²) in [7, 11) is 0. The Morgan fingerprint density at radius 2 is 1.50 bits per heavy atom. The summed E-state index contributed by atoms with van der Waals surface area (Å²) in [5.41, 5.74) is 0. The number of esters is 1. The van der Waals surface area contributed by atoms with Crippen molar-refractivity contribution in [3.05, 3.63) is 42.0 Å². The van der Waals surface area contributed by atoms with Crippen LogP contribution in [-0.2, 0) is 19.0 Å². The molecule has 110 valence electrons. The summed E-state index contributed by atoms with van der Waals surface area (Å²) >= 11 is 0. The highest BCUT2D eigenvalue weighted by molar-refractivity contribution is 5.86. The van der Waals surface area contributed by atoms with Gasteiger partial charge in [0.1, 0.15) is 5.75 Å². The summed E-state index contributed by atoms with van der Waals surface area (Å²) < 4.78 is 21.2. The molecule has 1 aromatic carbocycles.